The van der Waals surface area contributed by atoms with Crippen molar-refractivity contribution < 1.29 is 21.1 Å². The Bertz CT molecular complexity index is 305. The van der Waals surface area contributed by atoms with Crippen LogP contribution in [0.5, 0.6) is 0 Å². The third-order valence-electron chi connectivity index (χ3n) is 1.76. The summed E-state index contributed by atoms with van der Waals surface area (Å²) in [5, 5.41) is 1.84. The zero-order valence-electron chi connectivity index (χ0n) is 7.33. The molecule has 1 saturated heterocycles. The summed E-state index contributed by atoms with van der Waals surface area (Å²) in [5.74, 6) is 0. The summed E-state index contributed by atoms with van der Waals surface area (Å²) < 4.78 is -0.612. The molecule has 0 saturated carbocycles. The number of benzene rings is 1. The molecule has 1 aromatic carbocycles. The zero-order valence-corrected chi connectivity index (χ0v) is 9.63. The monoisotopic (exact) mass is 302 g/mol. The molecule has 1 aromatic rings. The Balaban J connectivity index is 1.94. The van der Waals surface area contributed by atoms with E-state index < -0.39 is 3.21 Å². The molecule has 0 radical (unpaired) electrons. The molecule has 1 heterocycles. The minimum atomic E-state index is -0.612. The maximum atomic E-state index is 5.79. The van der Waals surface area contributed by atoms with Crippen molar-refractivity contribution in [3.8, 4) is 0 Å². The van der Waals surface area contributed by atoms with Crippen molar-refractivity contribution in [3.05, 3.63) is 35.9 Å². The van der Waals surface area contributed by atoms with E-state index in [-0.39, 0.29) is 0 Å². The second-order valence-electron chi connectivity index (χ2n) is 2.97. The second-order valence-corrected chi connectivity index (χ2v) is 5.62. The van der Waals surface area contributed by atoms with Crippen LogP contribution in [0.4, 0.5) is 0 Å². The Hall–Kier alpha value is 0.150. The van der Waals surface area contributed by atoms with E-state index in [4.69, 9.17) is 5.73 Å². The Morgan fingerprint density at radius 2 is 2.14 bits per heavy atom. The maximum absolute atomic E-state index is 5.79. The third-order valence-corrected chi connectivity index (χ3v) is 3.06. The van der Waals surface area contributed by atoms with Gasteiger partial charge < -0.3 is 0 Å². The Labute approximate surface area is 99.6 Å². The molecule has 0 amide bonds. The van der Waals surface area contributed by atoms with Crippen LogP contribution in [0, 0.1) is 0 Å². The molecule has 14 heavy (non-hydrogen) atoms. The summed E-state index contributed by atoms with van der Waals surface area (Å²) in [6, 6.07) is 10.2. The van der Waals surface area contributed by atoms with Gasteiger partial charge in [-0.2, -0.15) is 0 Å². The van der Waals surface area contributed by atoms with Crippen LogP contribution in [0.1, 0.15) is 5.56 Å². The summed E-state index contributed by atoms with van der Waals surface area (Å²) >= 11 is 4.73. The van der Waals surface area contributed by atoms with Crippen molar-refractivity contribution in [3.63, 3.8) is 0 Å². The number of rotatable bonds is 2. The van der Waals surface area contributed by atoms with Crippen LogP contribution in [0.3, 0.4) is 0 Å². The van der Waals surface area contributed by atoms with Crippen molar-refractivity contribution >= 4 is 11.9 Å². The summed E-state index contributed by atoms with van der Waals surface area (Å²) in [7, 11) is 0. The van der Waals surface area contributed by atoms with E-state index in [9.17, 15) is 0 Å². The van der Waals surface area contributed by atoms with Crippen molar-refractivity contribution in [2.24, 2.45) is 5.73 Å². The molecule has 2 rings (SSSR count). The van der Waals surface area contributed by atoms with E-state index in [1.54, 1.807) is 0 Å². The van der Waals surface area contributed by atoms with Crippen LogP contribution in [0.15, 0.2) is 30.3 Å². The standard InChI is InChI=1S/C8H11N4S.Ag/c9-8-10-12(11-13-8)6-7-4-2-1-3-5-7;/h1-5,10-11H,6,9H2;. The average Bonchev–Trinajstić information content (AvgIpc) is 2.47. The van der Waals surface area contributed by atoms with Gasteiger partial charge in [0, 0.05) is 0 Å². The average molecular weight is 303 g/mol. The predicted molar refractivity (Wildman–Crippen MR) is 52.8 cm³/mol. The molecule has 6 heteroatoms. The molecule has 0 bridgehead atoms. The van der Waals surface area contributed by atoms with Crippen molar-refractivity contribution in [2.75, 3.05) is 0 Å². The molecule has 0 aromatic heterocycles. The third kappa shape index (κ3) is 2.82. The van der Waals surface area contributed by atoms with Crippen LogP contribution >= 0.6 is 11.9 Å². The fourth-order valence-corrected chi connectivity index (χ4v) is 2.08. The van der Waals surface area contributed by atoms with Gasteiger partial charge in [0.05, 0.1) is 0 Å². The first kappa shape index (κ1) is 10.7. The first-order valence-electron chi connectivity index (χ1n) is 4.13. The van der Waals surface area contributed by atoms with Crippen LogP contribution in [0.25, 0.3) is 0 Å². The SMILES string of the molecule is N[C]1([Ag])NN(Cc2ccccc2)NS1. The van der Waals surface area contributed by atoms with Gasteiger partial charge in [0.1, 0.15) is 0 Å². The predicted octanol–water partition coefficient (Wildman–Crippen LogP) is 0.276. The van der Waals surface area contributed by atoms with Gasteiger partial charge in [0.2, 0.25) is 0 Å². The summed E-state index contributed by atoms with van der Waals surface area (Å²) in [6.07, 6.45) is 0. The zero-order chi connectivity index (χ0) is 10.0. The van der Waals surface area contributed by atoms with Gasteiger partial charge >= 0.3 is 99.8 Å². The van der Waals surface area contributed by atoms with E-state index in [0.717, 1.165) is 6.54 Å². The van der Waals surface area contributed by atoms with Crippen molar-refractivity contribution in [1.82, 2.24) is 15.4 Å². The fourth-order valence-electron chi connectivity index (χ4n) is 1.18. The topological polar surface area (TPSA) is 53.3 Å². The first-order chi connectivity index (χ1) is 6.66. The first-order valence-corrected chi connectivity index (χ1v) is 5.68. The van der Waals surface area contributed by atoms with Gasteiger partial charge in [-0.1, -0.05) is 0 Å². The van der Waals surface area contributed by atoms with Crippen LogP contribution in [-0.4, -0.2) is 8.33 Å². The molecule has 4 N–H and O–H groups in total. The number of hydrogen-bond acceptors (Lipinski definition) is 5. The fraction of sp³-hybridized carbons (Fsp3) is 0.250. The molecule has 0 aliphatic carbocycles. The van der Waals surface area contributed by atoms with E-state index in [1.165, 1.54) is 17.5 Å². The van der Waals surface area contributed by atoms with Crippen LogP contribution in [-0.2, 0) is 27.6 Å². The number of hydrogen-bond donors (Lipinski definition) is 3. The molecule has 80 valence electrons. The molecule has 1 aliphatic heterocycles. The van der Waals surface area contributed by atoms with Gasteiger partial charge in [-0.15, -0.1) is 0 Å². The van der Waals surface area contributed by atoms with Gasteiger partial charge in [-0.3, -0.25) is 0 Å². The Morgan fingerprint density at radius 3 is 2.71 bits per heavy atom. The molecule has 1 unspecified atom stereocenters. The number of nitrogens with one attached hydrogen (secondary N) is 2. The Kier molecular flexibility index (Phi) is 3.30. The van der Waals surface area contributed by atoms with Gasteiger partial charge in [0.25, 0.3) is 0 Å². The summed E-state index contributed by atoms with van der Waals surface area (Å²) in [5.41, 5.74) is 10.1. The van der Waals surface area contributed by atoms with E-state index in [2.05, 4.69) is 43.5 Å². The quantitative estimate of drug-likeness (QED) is 0.541. The molecule has 4 nitrogen and oxygen atoms in total. The van der Waals surface area contributed by atoms with Gasteiger partial charge in [0.15, 0.2) is 0 Å². The molecule has 0 spiro atoms. The van der Waals surface area contributed by atoms with E-state index in [0.29, 0.717) is 0 Å². The van der Waals surface area contributed by atoms with Crippen LogP contribution < -0.4 is 16.0 Å². The normalized spacial score (nSPS) is 28.2. The molecule has 1 atom stereocenters. The van der Waals surface area contributed by atoms with Gasteiger partial charge in [-0.05, 0) is 0 Å². The van der Waals surface area contributed by atoms with Crippen molar-refractivity contribution in [2.45, 2.75) is 9.76 Å². The summed E-state index contributed by atoms with van der Waals surface area (Å²) in [4.78, 5) is 3.06. The molecule has 1 fully saturated rings. The Morgan fingerprint density at radius 1 is 1.43 bits per heavy atom. The summed E-state index contributed by atoms with van der Waals surface area (Å²) in [6.45, 7) is 0.762. The van der Waals surface area contributed by atoms with Crippen LogP contribution in [0.2, 0.25) is 0 Å². The molecular formula is C8H11AgN4S. The van der Waals surface area contributed by atoms with E-state index in [1.807, 2.05) is 23.3 Å². The molecular weight excluding hydrogens is 292 g/mol. The number of nitrogens with two attached hydrogens (primary N) is 1. The van der Waals surface area contributed by atoms with Gasteiger partial charge in [-0.25, -0.2) is 0 Å². The number of hydrazine groups is 2. The number of nitrogens with zero attached hydrogens (tertiary/aromatic N) is 1. The van der Waals surface area contributed by atoms with Crippen molar-refractivity contribution in [1.29, 1.82) is 0 Å². The van der Waals surface area contributed by atoms with E-state index >= 15 is 0 Å². The second kappa shape index (κ2) is 4.34. The minimum absolute atomic E-state index is 0.612. The molecule has 1 aliphatic rings.